The summed E-state index contributed by atoms with van der Waals surface area (Å²) >= 11 is 0. The van der Waals surface area contributed by atoms with Gasteiger partial charge in [-0.1, -0.05) is 19.8 Å². The molecular formula is C15H21N3O4. The molecule has 0 saturated carbocycles. The Morgan fingerprint density at radius 2 is 2.18 bits per heavy atom. The zero-order valence-corrected chi connectivity index (χ0v) is 13.3. The summed E-state index contributed by atoms with van der Waals surface area (Å²) in [5, 5.41) is 6.62. The Labute approximate surface area is 130 Å². The van der Waals surface area contributed by atoms with Gasteiger partial charge in [0.2, 0.25) is 5.88 Å². The molecule has 0 aliphatic carbocycles. The lowest BCUT2D eigenvalue weighted by atomic mass is 10.0. The topological polar surface area (TPSA) is 82.4 Å². The van der Waals surface area contributed by atoms with Crippen LogP contribution in [0.2, 0.25) is 0 Å². The number of amides is 1. The quantitative estimate of drug-likeness (QED) is 0.594. The second kappa shape index (κ2) is 8.08. The molecule has 7 nitrogen and oxygen atoms in total. The van der Waals surface area contributed by atoms with E-state index in [0.29, 0.717) is 6.42 Å². The molecule has 1 amide bonds. The van der Waals surface area contributed by atoms with Gasteiger partial charge in [0.15, 0.2) is 6.61 Å². The Kier molecular flexibility index (Phi) is 6.45. The minimum atomic E-state index is -0.724. The number of carbonyl (C=O) groups excluding carboxylic acids is 2. The van der Waals surface area contributed by atoms with Crippen molar-refractivity contribution in [2.75, 3.05) is 13.7 Å². The molecule has 22 heavy (non-hydrogen) atoms. The number of hydrogen-bond acceptors (Lipinski definition) is 5. The maximum atomic E-state index is 12.4. The van der Waals surface area contributed by atoms with Crippen molar-refractivity contribution in [3.05, 3.63) is 11.8 Å². The Morgan fingerprint density at radius 3 is 2.73 bits per heavy atom. The molecule has 0 radical (unpaired) electrons. The van der Waals surface area contributed by atoms with Crippen LogP contribution in [-0.2, 0) is 16.6 Å². The zero-order chi connectivity index (χ0) is 16.7. The SMILES string of the molecule is C#CCOc1c(C(=O)N[C@@H](CC(C)C)C(=O)OC)cnn1C. The molecule has 1 rings (SSSR count). The summed E-state index contributed by atoms with van der Waals surface area (Å²) in [6.07, 6.45) is 6.99. The normalized spacial score (nSPS) is 11.6. The summed E-state index contributed by atoms with van der Waals surface area (Å²) in [5.41, 5.74) is 0.218. The Hall–Kier alpha value is -2.49. The average molecular weight is 307 g/mol. The van der Waals surface area contributed by atoms with E-state index in [2.05, 4.69) is 16.3 Å². The summed E-state index contributed by atoms with van der Waals surface area (Å²) in [6.45, 7) is 3.92. The third-order valence-corrected chi connectivity index (χ3v) is 2.92. The van der Waals surface area contributed by atoms with Crippen molar-refractivity contribution in [2.45, 2.75) is 26.3 Å². The van der Waals surface area contributed by atoms with E-state index >= 15 is 0 Å². The Morgan fingerprint density at radius 1 is 1.50 bits per heavy atom. The minimum Gasteiger partial charge on any atom is -0.467 e. The number of aromatic nitrogens is 2. The van der Waals surface area contributed by atoms with Crippen LogP contribution in [0.3, 0.4) is 0 Å². The Bertz CT molecular complexity index is 572. The molecule has 0 spiro atoms. The van der Waals surface area contributed by atoms with Crippen molar-refractivity contribution in [3.8, 4) is 18.2 Å². The summed E-state index contributed by atoms with van der Waals surface area (Å²) in [4.78, 5) is 24.1. The number of nitrogens with zero attached hydrogens (tertiary/aromatic N) is 2. The lowest BCUT2D eigenvalue weighted by molar-refractivity contribution is -0.143. The Balaban J connectivity index is 2.90. The fourth-order valence-electron chi connectivity index (χ4n) is 1.93. The van der Waals surface area contributed by atoms with Crippen LogP contribution in [0.25, 0.3) is 0 Å². The van der Waals surface area contributed by atoms with Gasteiger partial charge in [0.25, 0.3) is 5.91 Å². The number of esters is 1. The lowest BCUT2D eigenvalue weighted by Crippen LogP contribution is -2.42. The molecule has 0 bridgehead atoms. The fourth-order valence-corrected chi connectivity index (χ4v) is 1.93. The highest BCUT2D eigenvalue weighted by Gasteiger charge is 2.26. The molecular weight excluding hydrogens is 286 g/mol. The van der Waals surface area contributed by atoms with Gasteiger partial charge in [0, 0.05) is 7.05 Å². The molecule has 0 fully saturated rings. The molecule has 7 heteroatoms. The van der Waals surface area contributed by atoms with E-state index in [4.69, 9.17) is 15.9 Å². The monoisotopic (exact) mass is 307 g/mol. The second-order valence-corrected chi connectivity index (χ2v) is 5.16. The van der Waals surface area contributed by atoms with E-state index in [1.165, 1.54) is 18.0 Å². The van der Waals surface area contributed by atoms with E-state index in [0.717, 1.165) is 0 Å². The fraction of sp³-hybridized carbons (Fsp3) is 0.533. The molecule has 1 aromatic heterocycles. The molecule has 1 atom stereocenters. The number of terminal acetylenes is 1. The van der Waals surface area contributed by atoms with Gasteiger partial charge >= 0.3 is 5.97 Å². The summed E-state index contributed by atoms with van der Waals surface area (Å²) in [5.74, 6) is 1.85. The first kappa shape index (κ1) is 17.6. The van der Waals surface area contributed by atoms with Crippen LogP contribution >= 0.6 is 0 Å². The van der Waals surface area contributed by atoms with Crippen molar-refractivity contribution in [1.29, 1.82) is 0 Å². The highest BCUT2D eigenvalue weighted by Crippen LogP contribution is 2.17. The summed E-state index contributed by atoms with van der Waals surface area (Å²) in [7, 11) is 2.92. The van der Waals surface area contributed by atoms with Gasteiger partial charge < -0.3 is 14.8 Å². The predicted molar refractivity (Wildman–Crippen MR) is 80.3 cm³/mol. The van der Waals surface area contributed by atoms with Gasteiger partial charge in [-0.05, 0) is 12.3 Å². The van der Waals surface area contributed by atoms with Crippen LogP contribution in [-0.4, -0.2) is 41.4 Å². The van der Waals surface area contributed by atoms with Crippen molar-refractivity contribution in [1.82, 2.24) is 15.1 Å². The third kappa shape index (κ3) is 4.52. The first-order valence-electron chi connectivity index (χ1n) is 6.87. The molecule has 1 N–H and O–H groups in total. The number of hydrogen-bond donors (Lipinski definition) is 1. The average Bonchev–Trinajstić information content (AvgIpc) is 2.84. The lowest BCUT2D eigenvalue weighted by Gasteiger charge is -2.18. The van der Waals surface area contributed by atoms with E-state index in [1.54, 1.807) is 7.05 Å². The summed E-state index contributed by atoms with van der Waals surface area (Å²) in [6, 6.07) is -0.724. The zero-order valence-electron chi connectivity index (χ0n) is 13.3. The maximum absolute atomic E-state index is 12.4. The van der Waals surface area contributed by atoms with Gasteiger partial charge in [-0.3, -0.25) is 4.79 Å². The molecule has 0 unspecified atom stereocenters. The van der Waals surface area contributed by atoms with Gasteiger partial charge in [0.05, 0.1) is 13.3 Å². The van der Waals surface area contributed by atoms with E-state index < -0.39 is 17.9 Å². The molecule has 0 aromatic carbocycles. The number of ether oxygens (including phenoxy) is 2. The first-order chi connectivity index (χ1) is 10.4. The number of rotatable bonds is 7. The molecule has 1 aromatic rings. The van der Waals surface area contributed by atoms with E-state index in [1.807, 2.05) is 13.8 Å². The van der Waals surface area contributed by atoms with Crippen molar-refractivity contribution < 1.29 is 19.1 Å². The van der Waals surface area contributed by atoms with Crippen molar-refractivity contribution in [2.24, 2.45) is 13.0 Å². The number of methoxy groups -OCH3 is 1. The highest BCUT2D eigenvalue weighted by atomic mass is 16.5. The van der Waals surface area contributed by atoms with Crippen LogP contribution < -0.4 is 10.1 Å². The minimum absolute atomic E-state index is 0.0201. The van der Waals surface area contributed by atoms with Crippen LogP contribution in [0.5, 0.6) is 5.88 Å². The smallest absolute Gasteiger partial charge is 0.328 e. The molecule has 0 saturated heterocycles. The largest absolute Gasteiger partial charge is 0.467 e. The van der Waals surface area contributed by atoms with Gasteiger partial charge in [-0.25, -0.2) is 9.48 Å². The highest BCUT2D eigenvalue weighted by molar-refractivity contribution is 5.98. The molecule has 0 aliphatic heterocycles. The van der Waals surface area contributed by atoms with E-state index in [9.17, 15) is 9.59 Å². The molecule has 1 heterocycles. The predicted octanol–water partition coefficient (Wildman–Crippen LogP) is 0.750. The number of nitrogens with one attached hydrogen (secondary N) is 1. The van der Waals surface area contributed by atoms with Crippen LogP contribution in [0.4, 0.5) is 0 Å². The number of aryl methyl sites for hydroxylation is 1. The maximum Gasteiger partial charge on any atom is 0.328 e. The first-order valence-corrected chi connectivity index (χ1v) is 6.87. The van der Waals surface area contributed by atoms with Crippen LogP contribution in [0.1, 0.15) is 30.6 Å². The van der Waals surface area contributed by atoms with Gasteiger partial charge in [-0.2, -0.15) is 5.10 Å². The number of carbonyl (C=O) groups is 2. The second-order valence-electron chi connectivity index (χ2n) is 5.16. The standard InChI is InChI=1S/C15H21N3O4/c1-6-7-22-14-11(9-16-18(14)4)13(19)17-12(8-10(2)3)15(20)21-5/h1,9-10,12H,7-8H2,2-5H3,(H,17,19)/t12-/m0/s1. The van der Waals surface area contributed by atoms with E-state index in [-0.39, 0.29) is 24.0 Å². The van der Waals surface area contributed by atoms with Crippen LogP contribution in [0.15, 0.2) is 6.20 Å². The van der Waals surface area contributed by atoms with Gasteiger partial charge in [-0.15, -0.1) is 6.42 Å². The van der Waals surface area contributed by atoms with Crippen LogP contribution in [0, 0.1) is 18.3 Å². The van der Waals surface area contributed by atoms with Crippen molar-refractivity contribution in [3.63, 3.8) is 0 Å². The summed E-state index contributed by atoms with van der Waals surface area (Å²) < 4.78 is 11.4. The molecule has 0 aliphatic rings. The molecule has 120 valence electrons. The van der Waals surface area contributed by atoms with Gasteiger partial charge in [0.1, 0.15) is 11.6 Å². The third-order valence-electron chi connectivity index (χ3n) is 2.92. The van der Waals surface area contributed by atoms with Crippen molar-refractivity contribution >= 4 is 11.9 Å².